The van der Waals surface area contributed by atoms with E-state index in [2.05, 4.69) is 15.5 Å². The van der Waals surface area contributed by atoms with E-state index in [9.17, 15) is 14.7 Å². The van der Waals surface area contributed by atoms with Gasteiger partial charge in [-0.2, -0.15) is 5.10 Å². The number of carbonyl (C=O) groups is 2. The maximum Gasteiger partial charge on any atom is 0.270 e. The third-order valence-electron chi connectivity index (χ3n) is 6.20. The Balaban J connectivity index is 1.35. The van der Waals surface area contributed by atoms with E-state index in [1.54, 1.807) is 4.90 Å². The quantitative estimate of drug-likeness (QED) is 0.612. The molecule has 30 heavy (non-hydrogen) atoms. The molecule has 4 rings (SSSR count). The van der Waals surface area contributed by atoms with Crippen molar-refractivity contribution in [3.63, 3.8) is 0 Å². The highest BCUT2D eigenvalue weighted by molar-refractivity contribution is 6.01. The molecule has 0 bridgehead atoms. The molecule has 2 aromatic rings. The fourth-order valence-corrected chi connectivity index (χ4v) is 4.57. The summed E-state index contributed by atoms with van der Waals surface area (Å²) in [7, 11) is 0. The highest BCUT2D eigenvalue weighted by Gasteiger charge is 2.32. The number of rotatable bonds is 4. The Kier molecular flexibility index (Phi) is 6.03. The van der Waals surface area contributed by atoms with E-state index in [0.29, 0.717) is 23.6 Å². The first kappa shape index (κ1) is 20.4. The van der Waals surface area contributed by atoms with Crippen LogP contribution in [0.5, 0.6) is 0 Å². The predicted molar refractivity (Wildman–Crippen MR) is 113 cm³/mol. The van der Waals surface area contributed by atoms with Gasteiger partial charge in [0, 0.05) is 25.0 Å². The lowest BCUT2D eigenvalue weighted by Gasteiger charge is -2.35. The first-order valence-corrected chi connectivity index (χ1v) is 10.7. The van der Waals surface area contributed by atoms with Crippen molar-refractivity contribution in [3.8, 4) is 11.1 Å². The number of hydrogen-bond acceptors (Lipinski definition) is 5. The summed E-state index contributed by atoms with van der Waals surface area (Å²) in [5, 5.41) is 19.7. The average molecular weight is 412 g/mol. The zero-order chi connectivity index (χ0) is 21.1. The second-order valence-corrected chi connectivity index (χ2v) is 8.33. The highest BCUT2D eigenvalue weighted by Crippen LogP contribution is 2.30. The number of aromatic amines is 1. The summed E-state index contributed by atoms with van der Waals surface area (Å²) in [5.74, 6) is 0.189. The number of nitrogen functional groups attached to an aromatic ring is 1. The summed E-state index contributed by atoms with van der Waals surface area (Å²) in [6, 6.07) is 9.50. The smallest absolute Gasteiger partial charge is 0.270 e. The third kappa shape index (κ3) is 4.33. The molecule has 1 unspecified atom stereocenters. The van der Waals surface area contributed by atoms with Gasteiger partial charge in [-0.25, -0.2) is 0 Å². The zero-order valence-electron chi connectivity index (χ0n) is 17.0. The van der Waals surface area contributed by atoms with Gasteiger partial charge in [0.05, 0.1) is 11.7 Å². The van der Waals surface area contributed by atoms with Crippen LogP contribution >= 0.6 is 0 Å². The molecule has 1 aromatic heterocycles. The van der Waals surface area contributed by atoms with Gasteiger partial charge in [0.1, 0.15) is 5.69 Å². The molecule has 8 nitrogen and oxygen atoms in total. The number of likely N-dealkylation sites (tertiary alicyclic amines) is 1. The minimum atomic E-state index is -0.404. The lowest BCUT2D eigenvalue weighted by molar-refractivity contribution is -0.139. The fourth-order valence-electron chi connectivity index (χ4n) is 4.57. The summed E-state index contributed by atoms with van der Waals surface area (Å²) in [6.07, 6.45) is 4.21. The Hall–Kier alpha value is -2.87. The van der Waals surface area contributed by atoms with Gasteiger partial charge < -0.3 is 21.1 Å². The van der Waals surface area contributed by atoms with E-state index >= 15 is 0 Å². The van der Waals surface area contributed by atoms with Crippen LogP contribution in [-0.4, -0.2) is 57.3 Å². The van der Waals surface area contributed by atoms with E-state index in [4.69, 9.17) is 5.73 Å². The predicted octanol–water partition coefficient (Wildman–Crippen LogP) is 1.93. The number of aliphatic hydroxyl groups is 1. The zero-order valence-corrected chi connectivity index (χ0v) is 17.0. The van der Waals surface area contributed by atoms with Crippen LogP contribution in [0.1, 0.15) is 49.0 Å². The number of nitrogens with zero attached hydrogens (tertiary/aromatic N) is 2. The van der Waals surface area contributed by atoms with Crippen LogP contribution in [0, 0.1) is 5.92 Å². The number of aromatic nitrogens is 2. The van der Waals surface area contributed by atoms with Crippen molar-refractivity contribution < 1.29 is 14.7 Å². The number of hydrogen-bond donors (Lipinski definition) is 4. The van der Waals surface area contributed by atoms with Gasteiger partial charge in [-0.1, -0.05) is 30.3 Å². The second kappa shape index (κ2) is 8.87. The molecule has 1 saturated heterocycles. The molecule has 1 saturated carbocycles. The van der Waals surface area contributed by atoms with Gasteiger partial charge in [-0.15, -0.1) is 0 Å². The van der Waals surface area contributed by atoms with Crippen LogP contribution in [0.25, 0.3) is 11.1 Å². The number of nitrogens with two attached hydrogens (primary N) is 1. The molecule has 8 heteroatoms. The first-order valence-electron chi connectivity index (χ1n) is 10.7. The van der Waals surface area contributed by atoms with Gasteiger partial charge in [0.2, 0.25) is 5.91 Å². The molecule has 160 valence electrons. The average Bonchev–Trinajstić information content (AvgIpc) is 3.16. The molecule has 5 N–H and O–H groups in total. The lowest BCUT2D eigenvalue weighted by atomic mass is 9.84. The number of piperidine rings is 1. The van der Waals surface area contributed by atoms with Crippen LogP contribution < -0.4 is 11.1 Å². The Bertz CT molecular complexity index is 889. The third-order valence-corrected chi connectivity index (χ3v) is 6.20. The highest BCUT2D eigenvalue weighted by atomic mass is 16.3. The minimum Gasteiger partial charge on any atom is -0.391 e. The van der Waals surface area contributed by atoms with Crippen LogP contribution in [0.2, 0.25) is 0 Å². The van der Waals surface area contributed by atoms with Gasteiger partial charge >= 0.3 is 0 Å². The van der Waals surface area contributed by atoms with Gasteiger partial charge in [-0.05, 0) is 44.1 Å². The number of amides is 2. The molecule has 2 aliphatic rings. The Labute approximate surface area is 175 Å². The summed E-state index contributed by atoms with van der Waals surface area (Å²) in [5.41, 5.74) is 7.81. The van der Waals surface area contributed by atoms with E-state index in [1.165, 1.54) is 0 Å². The molecule has 2 fully saturated rings. The minimum absolute atomic E-state index is 0.0154. The Morgan fingerprint density at radius 1 is 1.13 bits per heavy atom. The molecule has 2 heterocycles. The molecule has 1 aliphatic carbocycles. The van der Waals surface area contributed by atoms with Crippen molar-refractivity contribution in [2.75, 3.05) is 18.8 Å². The fraction of sp³-hybridized carbons (Fsp3) is 0.500. The number of aliphatic hydroxyl groups excluding tert-OH is 1. The van der Waals surface area contributed by atoms with E-state index in [1.807, 2.05) is 30.3 Å². The van der Waals surface area contributed by atoms with Crippen LogP contribution in [0.3, 0.4) is 0 Å². The molecule has 1 aromatic carbocycles. The summed E-state index contributed by atoms with van der Waals surface area (Å²) < 4.78 is 0. The van der Waals surface area contributed by atoms with Gasteiger partial charge in [-0.3, -0.25) is 14.7 Å². The van der Waals surface area contributed by atoms with Crippen LogP contribution in [-0.2, 0) is 4.79 Å². The monoisotopic (exact) mass is 411 g/mol. The van der Waals surface area contributed by atoms with Crippen molar-refractivity contribution in [3.05, 3.63) is 36.0 Å². The molecule has 0 radical (unpaired) electrons. The van der Waals surface area contributed by atoms with Crippen molar-refractivity contribution in [2.45, 2.75) is 50.7 Å². The summed E-state index contributed by atoms with van der Waals surface area (Å²) >= 11 is 0. The number of H-pyrrole nitrogens is 1. The summed E-state index contributed by atoms with van der Waals surface area (Å²) in [4.78, 5) is 27.4. The van der Waals surface area contributed by atoms with Crippen molar-refractivity contribution in [1.29, 1.82) is 0 Å². The van der Waals surface area contributed by atoms with E-state index < -0.39 is 6.10 Å². The molecule has 0 spiro atoms. The number of benzene rings is 1. The molecule has 2 amide bonds. The second-order valence-electron chi connectivity index (χ2n) is 8.33. The van der Waals surface area contributed by atoms with Gasteiger partial charge in [0.25, 0.3) is 5.91 Å². The van der Waals surface area contributed by atoms with Crippen LogP contribution in [0.4, 0.5) is 5.82 Å². The van der Waals surface area contributed by atoms with Crippen LogP contribution in [0.15, 0.2) is 30.3 Å². The van der Waals surface area contributed by atoms with Crippen molar-refractivity contribution in [1.82, 2.24) is 20.4 Å². The lowest BCUT2D eigenvalue weighted by Crippen LogP contribution is -2.47. The number of β-amino-alcohol motifs (C(OH)–C–C–N with tert-alkyl or cyclic N) is 1. The Morgan fingerprint density at radius 2 is 1.87 bits per heavy atom. The maximum atomic E-state index is 12.9. The first-order chi connectivity index (χ1) is 14.5. The number of carbonyl (C=O) groups excluding carboxylic acids is 2. The number of anilines is 1. The molecule has 1 aliphatic heterocycles. The van der Waals surface area contributed by atoms with Crippen molar-refractivity contribution in [2.24, 2.45) is 5.92 Å². The topological polar surface area (TPSA) is 124 Å². The SMILES string of the molecule is Nc1n[nH]c(C(=O)NC2CCC(C(=O)N3CCCC(O)C3)CC2)c1-c1ccccc1. The van der Waals surface area contributed by atoms with Gasteiger partial charge in [0.15, 0.2) is 5.82 Å². The normalized spacial score (nSPS) is 24.4. The largest absolute Gasteiger partial charge is 0.391 e. The maximum absolute atomic E-state index is 12.9. The standard InChI is InChI=1S/C22H29N5O3/c23-20-18(14-5-2-1-3-6-14)19(25-26-20)21(29)24-16-10-8-15(9-11-16)22(30)27-12-4-7-17(28)13-27/h1-3,5-6,15-17,28H,4,7-13H2,(H,24,29)(H3,23,25,26). The van der Waals surface area contributed by atoms with Crippen molar-refractivity contribution >= 4 is 17.6 Å². The molecular formula is C22H29N5O3. The molecular weight excluding hydrogens is 382 g/mol. The van der Waals surface area contributed by atoms with E-state index in [0.717, 1.165) is 50.6 Å². The Morgan fingerprint density at radius 3 is 2.57 bits per heavy atom. The number of nitrogens with one attached hydrogen (secondary N) is 2. The van der Waals surface area contributed by atoms with E-state index in [-0.39, 0.29) is 23.8 Å². The molecule has 1 atom stereocenters. The summed E-state index contributed by atoms with van der Waals surface area (Å²) in [6.45, 7) is 1.18.